The molecule has 0 aliphatic carbocycles. The third-order valence-corrected chi connectivity index (χ3v) is 7.37. The van der Waals surface area contributed by atoms with Crippen LogP contribution in [0.1, 0.15) is 129 Å². The van der Waals surface area contributed by atoms with E-state index in [4.69, 9.17) is 14.2 Å². The molecule has 0 aromatic rings. The minimum absolute atomic E-state index is 0.0200. The SMILES string of the molecule is CC/C=C/C/C=C/CCC(=O)OC(COCCC(C(=O)[O-])[N+](C)(C)C)COC(=O)CCCCCCCCCCCCCC. The lowest BCUT2D eigenvalue weighted by atomic mass is 10.0. The van der Waals surface area contributed by atoms with Crippen molar-refractivity contribution in [2.45, 2.75) is 142 Å². The zero-order valence-electron chi connectivity index (χ0n) is 28.1. The van der Waals surface area contributed by atoms with Crippen molar-refractivity contribution in [2.24, 2.45) is 0 Å². The Morgan fingerprint density at radius 1 is 0.721 bits per heavy atom. The number of carboxylic acid groups (broad SMARTS) is 1. The molecule has 0 saturated carbocycles. The minimum atomic E-state index is -1.14. The van der Waals surface area contributed by atoms with Gasteiger partial charge in [-0.05, 0) is 25.7 Å². The van der Waals surface area contributed by atoms with Gasteiger partial charge in [0.1, 0.15) is 12.6 Å². The number of ether oxygens (including phenoxy) is 3. The van der Waals surface area contributed by atoms with Gasteiger partial charge in [0.05, 0.1) is 40.3 Å². The van der Waals surface area contributed by atoms with Crippen LogP contribution in [0.4, 0.5) is 0 Å². The molecule has 0 aromatic heterocycles. The number of hydrogen-bond donors (Lipinski definition) is 0. The van der Waals surface area contributed by atoms with E-state index in [0.717, 1.165) is 32.1 Å². The lowest BCUT2D eigenvalue weighted by Crippen LogP contribution is -2.55. The van der Waals surface area contributed by atoms with E-state index >= 15 is 0 Å². The Labute approximate surface area is 262 Å². The largest absolute Gasteiger partial charge is 0.544 e. The zero-order valence-corrected chi connectivity index (χ0v) is 28.1. The summed E-state index contributed by atoms with van der Waals surface area (Å²) in [4.78, 5) is 36.3. The van der Waals surface area contributed by atoms with E-state index in [1.165, 1.54) is 57.8 Å². The third kappa shape index (κ3) is 26.0. The van der Waals surface area contributed by atoms with E-state index in [1.54, 1.807) is 21.1 Å². The molecule has 0 radical (unpaired) electrons. The Bertz CT molecular complexity index is 773. The number of nitrogens with zero attached hydrogens (tertiary/aromatic N) is 1. The molecule has 0 amide bonds. The number of carbonyl (C=O) groups excluding carboxylic acids is 3. The average molecular weight is 610 g/mol. The van der Waals surface area contributed by atoms with E-state index in [0.29, 0.717) is 12.8 Å². The van der Waals surface area contributed by atoms with Crippen LogP contribution < -0.4 is 5.11 Å². The van der Waals surface area contributed by atoms with Crippen LogP contribution >= 0.6 is 0 Å². The molecule has 0 heterocycles. The molecule has 43 heavy (non-hydrogen) atoms. The molecule has 0 aliphatic rings. The molecule has 2 unspecified atom stereocenters. The van der Waals surface area contributed by atoms with Crippen molar-refractivity contribution in [3.05, 3.63) is 24.3 Å². The zero-order chi connectivity index (χ0) is 32.2. The van der Waals surface area contributed by atoms with Gasteiger partial charge in [-0.3, -0.25) is 9.59 Å². The maximum absolute atomic E-state index is 12.4. The second-order valence-corrected chi connectivity index (χ2v) is 12.4. The Balaban J connectivity index is 4.46. The highest BCUT2D eigenvalue weighted by Gasteiger charge is 2.25. The Morgan fingerprint density at radius 2 is 1.30 bits per heavy atom. The molecule has 8 nitrogen and oxygen atoms in total. The highest BCUT2D eigenvalue weighted by molar-refractivity contribution is 5.70. The highest BCUT2D eigenvalue weighted by atomic mass is 16.6. The molecule has 0 saturated heterocycles. The summed E-state index contributed by atoms with van der Waals surface area (Å²) in [6.45, 7) is 4.42. The van der Waals surface area contributed by atoms with E-state index in [2.05, 4.69) is 26.0 Å². The maximum atomic E-state index is 12.4. The van der Waals surface area contributed by atoms with Crippen molar-refractivity contribution >= 4 is 17.9 Å². The minimum Gasteiger partial charge on any atom is -0.544 e. The highest BCUT2D eigenvalue weighted by Crippen LogP contribution is 2.13. The predicted molar refractivity (Wildman–Crippen MR) is 171 cm³/mol. The van der Waals surface area contributed by atoms with Crippen molar-refractivity contribution in [3.8, 4) is 0 Å². The van der Waals surface area contributed by atoms with Crippen LogP contribution in [0.25, 0.3) is 0 Å². The fourth-order valence-corrected chi connectivity index (χ4v) is 4.72. The number of hydrogen-bond acceptors (Lipinski definition) is 7. The van der Waals surface area contributed by atoms with E-state index in [-0.39, 0.29) is 43.1 Å². The van der Waals surface area contributed by atoms with Gasteiger partial charge in [0.2, 0.25) is 0 Å². The number of carbonyl (C=O) groups is 3. The van der Waals surface area contributed by atoms with Crippen LogP contribution in [0.15, 0.2) is 24.3 Å². The van der Waals surface area contributed by atoms with Gasteiger partial charge in [-0.2, -0.15) is 0 Å². The van der Waals surface area contributed by atoms with Crippen LogP contribution in [0.3, 0.4) is 0 Å². The van der Waals surface area contributed by atoms with Gasteiger partial charge in [0, 0.05) is 19.3 Å². The Morgan fingerprint density at radius 3 is 1.86 bits per heavy atom. The molecule has 0 rings (SSSR count). The average Bonchev–Trinajstić information content (AvgIpc) is 2.94. The smallest absolute Gasteiger partial charge is 0.306 e. The van der Waals surface area contributed by atoms with Gasteiger partial charge in [0.25, 0.3) is 0 Å². The fraction of sp³-hybridized carbons (Fsp3) is 0.800. The van der Waals surface area contributed by atoms with Crippen LogP contribution in [0.2, 0.25) is 0 Å². The summed E-state index contributed by atoms with van der Waals surface area (Å²) in [5.74, 6) is -1.83. The first-order valence-electron chi connectivity index (χ1n) is 16.9. The number of allylic oxidation sites excluding steroid dienone is 4. The van der Waals surface area contributed by atoms with Crippen molar-refractivity contribution in [1.82, 2.24) is 0 Å². The maximum Gasteiger partial charge on any atom is 0.306 e. The van der Waals surface area contributed by atoms with Crippen molar-refractivity contribution < 1.29 is 38.2 Å². The first-order chi connectivity index (χ1) is 20.6. The second kappa shape index (κ2) is 27.4. The molecular weight excluding hydrogens is 546 g/mol. The molecule has 0 bridgehead atoms. The molecule has 0 aliphatic heterocycles. The van der Waals surface area contributed by atoms with Crippen molar-refractivity contribution in [1.29, 1.82) is 0 Å². The summed E-state index contributed by atoms with van der Waals surface area (Å²) in [6, 6.07) is -0.728. The fourth-order valence-electron chi connectivity index (χ4n) is 4.72. The third-order valence-electron chi connectivity index (χ3n) is 7.37. The molecular formula is C35H63NO7. The summed E-state index contributed by atoms with van der Waals surface area (Å²) < 4.78 is 16.9. The molecule has 0 fully saturated rings. The van der Waals surface area contributed by atoms with Crippen LogP contribution in [-0.2, 0) is 28.6 Å². The van der Waals surface area contributed by atoms with E-state index < -0.39 is 24.1 Å². The van der Waals surface area contributed by atoms with Gasteiger partial charge >= 0.3 is 11.9 Å². The Kier molecular flexibility index (Phi) is 26.0. The molecule has 0 spiro atoms. The summed E-state index contributed by atoms with van der Waals surface area (Å²) in [5, 5.41) is 11.5. The molecule has 250 valence electrons. The van der Waals surface area contributed by atoms with Gasteiger partial charge in [0.15, 0.2) is 6.10 Å². The van der Waals surface area contributed by atoms with Crippen LogP contribution in [0, 0.1) is 0 Å². The predicted octanol–water partition coefficient (Wildman–Crippen LogP) is 6.46. The van der Waals surface area contributed by atoms with Gasteiger partial charge < -0.3 is 28.6 Å². The van der Waals surface area contributed by atoms with Crippen molar-refractivity contribution in [2.75, 3.05) is 41.0 Å². The Hall–Kier alpha value is -2.19. The number of aliphatic carboxylic acids is 1. The van der Waals surface area contributed by atoms with Gasteiger partial charge in [-0.25, -0.2) is 0 Å². The van der Waals surface area contributed by atoms with Crippen LogP contribution in [0.5, 0.6) is 0 Å². The number of rotatable bonds is 29. The molecule has 0 N–H and O–H groups in total. The standard InChI is InChI=1S/C35H63NO7/c1-6-8-10-12-14-15-16-17-18-20-21-23-25-33(37)42-30-31(29-41-28-27-32(35(39)40)36(3,4)5)43-34(38)26-24-22-19-13-11-9-7-2/h9,11,19,22,31-32H,6-8,10,12-18,20-21,23-30H2,1-5H3/b11-9+,22-19+. The lowest BCUT2D eigenvalue weighted by Gasteiger charge is -2.34. The normalized spacial score (nSPS) is 13.4. The number of carboxylic acids is 1. The first-order valence-corrected chi connectivity index (χ1v) is 16.9. The number of quaternary nitrogens is 1. The van der Waals surface area contributed by atoms with E-state index in [9.17, 15) is 19.5 Å². The summed E-state index contributed by atoms with van der Waals surface area (Å²) >= 11 is 0. The van der Waals surface area contributed by atoms with Crippen LogP contribution in [-0.4, -0.2) is 75.5 Å². The van der Waals surface area contributed by atoms with Gasteiger partial charge in [-0.1, -0.05) is 109 Å². The summed E-state index contributed by atoms with van der Waals surface area (Å²) in [7, 11) is 5.36. The molecule has 0 aromatic carbocycles. The monoisotopic (exact) mass is 609 g/mol. The number of likely N-dealkylation sites (N-methyl/N-ethyl adjacent to an activating group) is 1. The first kappa shape index (κ1) is 40.8. The quantitative estimate of drug-likeness (QED) is 0.0415. The molecule has 8 heteroatoms. The topological polar surface area (TPSA) is 102 Å². The summed E-state index contributed by atoms with van der Waals surface area (Å²) in [6.07, 6.45) is 25.3. The molecule has 2 atom stereocenters. The van der Waals surface area contributed by atoms with Crippen molar-refractivity contribution in [3.63, 3.8) is 0 Å². The second-order valence-electron chi connectivity index (χ2n) is 12.4. The van der Waals surface area contributed by atoms with E-state index in [1.807, 2.05) is 12.2 Å². The summed E-state index contributed by atoms with van der Waals surface area (Å²) in [5.41, 5.74) is 0. The lowest BCUT2D eigenvalue weighted by molar-refractivity contribution is -0.889. The van der Waals surface area contributed by atoms with Gasteiger partial charge in [-0.15, -0.1) is 0 Å². The number of unbranched alkanes of at least 4 members (excludes halogenated alkanes) is 11. The number of esters is 2.